The van der Waals surface area contributed by atoms with Crippen molar-refractivity contribution in [3.05, 3.63) is 46.8 Å². The van der Waals surface area contributed by atoms with E-state index in [9.17, 15) is 4.39 Å². The standard InChI is InChI=1S/C20H31FN6O/c1-5-28-12-6-10-22-20(24-14-19-26-25-16(3)27(19)4)23-11-9-17-7-8-18(21)13-15(17)2/h7-8,13H,5-6,9-12,14H2,1-4H3,(H2,22,23,24). The van der Waals surface area contributed by atoms with Crippen LogP contribution in [0.25, 0.3) is 0 Å². The third-order valence-corrected chi connectivity index (χ3v) is 4.51. The molecule has 1 heterocycles. The maximum absolute atomic E-state index is 13.3. The van der Waals surface area contributed by atoms with Crippen LogP contribution in [0.3, 0.4) is 0 Å². The third-order valence-electron chi connectivity index (χ3n) is 4.51. The number of aryl methyl sites for hydroxylation is 2. The Labute approximate surface area is 166 Å². The van der Waals surface area contributed by atoms with E-state index in [2.05, 4.69) is 25.8 Å². The Balaban J connectivity index is 1.92. The number of benzene rings is 1. The molecule has 28 heavy (non-hydrogen) atoms. The van der Waals surface area contributed by atoms with Gasteiger partial charge in [-0.05, 0) is 56.9 Å². The molecule has 0 spiro atoms. The van der Waals surface area contributed by atoms with E-state index in [4.69, 9.17) is 4.74 Å². The lowest BCUT2D eigenvalue weighted by atomic mass is 10.1. The van der Waals surface area contributed by atoms with Crippen LogP contribution in [0.15, 0.2) is 23.2 Å². The lowest BCUT2D eigenvalue weighted by molar-refractivity contribution is 0.145. The van der Waals surface area contributed by atoms with Crippen LogP contribution in [0, 0.1) is 19.7 Å². The van der Waals surface area contributed by atoms with Crippen molar-refractivity contribution >= 4 is 5.96 Å². The zero-order valence-electron chi connectivity index (χ0n) is 17.3. The Hall–Kier alpha value is -2.48. The molecule has 0 radical (unpaired) electrons. The lowest BCUT2D eigenvalue weighted by Crippen LogP contribution is -2.39. The molecule has 8 heteroatoms. The number of hydrogen-bond acceptors (Lipinski definition) is 4. The van der Waals surface area contributed by atoms with Gasteiger partial charge in [-0.3, -0.25) is 0 Å². The quantitative estimate of drug-likeness (QED) is 0.370. The summed E-state index contributed by atoms with van der Waals surface area (Å²) in [6.45, 7) is 9.17. The SMILES string of the molecule is CCOCCCNC(=NCc1nnc(C)n1C)NCCc1ccc(F)cc1C. The normalized spacial score (nSPS) is 11.7. The molecular formula is C20H31FN6O. The smallest absolute Gasteiger partial charge is 0.191 e. The molecular weight excluding hydrogens is 359 g/mol. The Kier molecular flexibility index (Phi) is 8.87. The third kappa shape index (κ3) is 6.92. The monoisotopic (exact) mass is 390 g/mol. The van der Waals surface area contributed by atoms with Gasteiger partial charge in [0.2, 0.25) is 0 Å². The van der Waals surface area contributed by atoms with Crippen molar-refractivity contribution in [2.45, 2.75) is 40.2 Å². The van der Waals surface area contributed by atoms with Crippen LogP contribution < -0.4 is 10.6 Å². The molecule has 0 saturated heterocycles. The fraction of sp³-hybridized carbons (Fsp3) is 0.550. The van der Waals surface area contributed by atoms with Gasteiger partial charge in [-0.1, -0.05) is 6.07 Å². The summed E-state index contributed by atoms with van der Waals surface area (Å²) >= 11 is 0. The van der Waals surface area contributed by atoms with Gasteiger partial charge in [-0.15, -0.1) is 10.2 Å². The number of nitrogens with one attached hydrogen (secondary N) is 2. The Morgan fingerprint density at radius 2 is 2.00 bits per heavy atom. The highest BCUT2D eigenvalue weighted by molar-refractivity contribution is 5.79. The number of aromatic nitrogens is 3. The van der Waals surface area contributed by atoms with E-state index in [1.54, 1.807) is 6.07 Å². The van der Waals surface area contributed by atoms with Crippen molar-refractivity contribution in [2.75, 3.05) is 26.3 Å². The number of ether oxygens (including phenoxy) is 1. The molecule has 154 valence electrons. The minimum Gasteiger partial charge on any atom is -0.382 e. The molecule has 2 N–H and O–H groups in total. The zero-order valence-corrected chi connectivity index (χ0v) is 17.3. The number of aliphatic imine (C=N–C) groups is 1. The Bertz CT molecular complexity index is 774. The van der Waals surface area contributed by atoms with E-state index in [1.165, 1.54) is 6.07 Å². The number of rotatable bonds is 10. The number of hydrogen-bond donors (Lipinski definition) is 2. The minimum absolute atomic E-state index is 0.202. The van der Waals surface area contributed by atoms with E-state index in [0.29, 0.717) is 19.7 Å². The summed E-state index contributed by atoms with van der Waals surface area (Å²) in [7, 11) is 1.93. The van der Waals surface area contributed by atoms with E-state index >= 15 is 0 Å². The molecule has 0 aliphatic rings. The molecule has 2 aromatic rings. The van der Waals surface area contributed by atoms with Crippen LogP contribution in [-0.4, -0.2) is 47.0 Å². The maximum atomic E-state index is 13.3. The molecule has 0 atom stereocenters. The van der Waals surface area contributed by atoms with Gasteiger partial charge >= 0.3 is 0 Å². The number of guanidine groups is 1. The van der Waals surface area contributed by atoms with E-state index in [-0.39, 0.29) is 5.82 Å². The average Bonchev–Trinajstić information content (AvgIpc) is 2.99. The molecule has 0 saturated carbocycles. The summed E-state index contributed by atoms with van der Waals surface area (Å²) in [5.74, 6) is 2.18. The molecule has 0 fully saturated rings. The molecule has 7 nitrogen and oxygen atoms in total. The van der Waals surface area contributed by atoms with Gasteiger partial charge in [-0.25, -0.2) is 9.38 Å². The van der Waals surface area contributed by atoms with Gasteiger partial charge in [0, 0.05) is 33.4 Å². The largest absolute Gasteiger partial charge is 0.382 e. The second kappa shape index (κ2) is 11.4. The van der Waals surface area contributed by atoms with Crippen molar-refractivity contribution in [1.29, 1.82) is 0 Å². The molecule has 0 bridgehead atoms. The summed E-state index contributed by atoms with van der Waals surface area (Å²) in [6, 6.07) is 4.90. The number of halogens is 1. The maximum Gasteiger partial charge on any atom is 0.191 e. The van der Waals surface area contributed by atoms with Crippen LogP contribution in [0.1, 0.15) is 36.1 Å². The van der Waals surface area contributed by atoms with Gasteiger partial charge in [0.15, 0.2) is 11.8 Å². The summed E-state index contributed by atoms with van der Waals surface area (Å²) in [4.78, 5) is 4.62. The van der Waals surface area contributed by atoms with Crippen molar-refractivity contribution < 1.29 is 9.13 Å². The average molecular weight is 391 g/mol. The van der Waals surface area contributed by atoms with Crippen molar-refractivity contribution in [3.63, 3.8) is 0 Å². The lowest BCUT2D eigenvalue weighted by Gasteiger charge is -2.13. The summed E-state index contributed by atoms with van der Waals surface area (Å²) in [5.41, 5.74) is 2.08. The fourth-order valence-corrected chi connectivity index (χ4v) is 2.69. The van der Waals surface area contributed by atoms with Gasteiger partial charge in [0.25, 0.3) is 0 Å². The minimum atomic E-state index is -0.202. The first-order valence-corrected chi connectivity index (χ1v) is 9.71. The predicted octanol–water partition coefficient (Wildman–Crippen LogP) is 2.28. The summed E-state index contributed by atoms with van der Waals surface area (Å²) < 4.78 is 20.6. The van der Waals surface area contributed by atoms with Gasteiger partial charge in [0.1, 0.15) is 18.2 Å². The highest BCUT2D eigenvalue weighted by Crippen LogP contribution is 2.10. The molecule has 0 unspecified atom stereocenters. The van der Waals surface area contributed by atoms with Crippen molar-refractivity contribution in [1.82, 2.24) is 25.4 Å². The van der Waals surface area contributed by atoms with Crippen LogP contribution in [0.2, 0.25) is 0 Å². The first-order chi connectivity index (χ1) is 13.5. The first kappa shape index (κ1) is 21.8. The predicted molar refractivity (Wildman–Crippen MR) is 109 cm³/mol. The van der Waals surface area contributed by atoms with Crippen LogP contribution in [0.4, 0.5) is 4.39 Å². The van der Waals surface area contributed by atoms with E-state index in [0.717, 1.165) is 54.7 Å². The molecule has 2 rings (SSSR count). The molecule has 0 aliphatic heterocycles. The van der Waals surface area contributed by atoms with Crippen molar-refractivity contribution in [2.24, 2.45) is 12.0 Å². The topological polar surface area (TPSA) is 76.4 Å². The van der Waals surface area contributed by atoms with Crippen LogP contribution in [0.5, 0.6) is 0 Å². The second-order valence-electron chi connectivity index (χ2n) is 6.61. The summed E-state index contributed by atoms with van der Waals surface area (Å²) in [5, 5.41) is 14.9. The van der Waals surface area contributed by atoms with Gasteiger partial charge in [0.05, 0.1) is 0 Å². The second-order valence-corrected chi connectivity index (χ2v) is 6.61. The van der Waals surface area contributed by atoms with Crippen LogP contribution in [-0.2, 0) is 24.8 Å². The highest BCUT2D eigenvalue weighted by atomic mass is 19.1. The molecule has 0 amide bonds. The zero-order chi connectivity index (χ0) is 20.4. The molecule has 0 aliphatic carbocycles. The first-order valence-electron chi connectivity index (χ1n) is 9.71. The molecule has 1 aromatic carbocycles. The Morgan fingerprint density at radius 3 is 2.68 bits per heavy atom. The number of nitrogens with zero attached hydrogens (tertiary/aromatic N) is 4. The Morgan fingerprint density at radius 1 is 1.21 bits per heavy atom. The van der Waals surface area contributed by atoms with Gasteiger partial charge < -0.3 is 19.9 Å². The highest BCUT2D eigenvalue weighted by Gasteiger charge is 2.06. The fourth-order valence-electron chi connectivity index (χ4n) is 2.69. The van der Waals surface area contributed by atoms with Crippen molar-refractivity contribution in [3.8, 4) is 0 Å². The molecule has 1 aromatic heterocycles. The van der Waals surface area contributed by atoms with E-state index in [1.807, 2.05) is 38.5 Å². The van der Waals surface area contributed by atoms with Gasteiger partial charge in [-0.2, -0.15) is 0 Å². The van der Waals surface area contributed by atoms with E-state index < -0.39 is 0 Å². The van der Waals surface area contributed by atoms with Crippen LogP contribution >= 0.6 is 0 Å². The summed E-state index contributed by atoms with van der Waals surface area (Å²) in [6.07, 6.45) is 1.68.